The van der Waals surface area contributed by atoms with Crippen LogP contribution in [0.5, 0.6) is 11.5 Å². The molecule has 11 nitrogen and oxygen atoms in total. The van der Waals surface area contributed by atoms with Crippen LogP contribution >= 0.6 is 11.3 Å². The van der Waals surface area contributed by atoms with Crippen molar-refractivity contribution in [3.05, 3.63) is 72.7 Å². The third-order valence-electron chi connectivity index (χ3n) is 6.79. The largest absolute Gasteiger partial charge is 0.454 e. The van der Waals surface area contributed by atoms with Gasteiger partial charge in [0.1, 0.15) is 27.0 Å². The fraction of sp³-hybridized carbons (Fsp3) is 0.185. The van der Waals surface area contributed by atoms with Crippen LogP contribution in [0.25, 0.3) is 10.2 Å². The number of ether oxygens (including phenoxy) is 1. The van der Waals surface area contributed by atoms with Gasteiger partial charge in [-0.15, -0.1) is 11.3 Å². The zero-order chi connectivity index (χ0) is 27.1. The minimum Gasteiger partial charge on any atom is -0.454 e. The molecule has 5 heterocycles. The molecule has 0 saturated heterocycles. The first-order valence-corrected chi connectivity index (χ1v) is 13.1. The number of nitrogens with zero attached hydrogens (tertiary/aromatic N) is 5. The van der Waals surface area contributed by atoms with Gasteiger partial charge < -0.3 is 15.8 Å². The SMILES string of the molecule is C=CC(=O)N[C@H]1CCC[C@H]1N1C(=O)N(c2ccc(Oc3cccnc3)cn2)c2ccnc3sc(C(N)=O)c1c23. The van der Waals surface area contributed by atoms with Crippen LogP contribution in [0.1, 0.15) is 28.9 Å². The Morgan fingerprint density at radius 1 is 1.13 bits per heavy atom. The van der Waals surface area contributed by atoms with Crippen molar-refractivity contribution >= 4 is 56.6 Å². The standard InChI is InChI=1S/C27H23N7O4S/c1-2-21(35)32-17-6-3-7-18(17)34-23-22-19(10-12-30-26(22)39-24(23)25(28)36)33(27(34)37)20-9-8-16(14-31-20)38-15-5-4-11-29-13-15/h2,4-5,8-14,17-18H,1,3,6-7H2,(H2,28,36)(H,32,35)/t17-,18+/m0/s1. The Morgan fingerprint density at radius 3 is 2.69 bits per heavy atom. The third-order valence-corrected chi connectivity index (χ3v) is 7.89. The number of hydrogen-bond acceptors (Lipinski definition) is 8. The molecule has 4 aromatic rings. The van der Waals surface area contributed by atoms with E-state index in [9.17, 15) is 14.4 Å². The van der Waals surface area contributed by atoms with Crippen LogP contribution in [0, 0.1) is 0 Å². The lowest BCUT2D eigenvalue weighted by molar-refractivity contribution is -0.117. The molecular formula is C27H23N7O4S. The van der Waals surface area contributed by atoms with Crippen LogP contribution in [0.2, 0.25) is 0 Å². The van der Waals surface area contributed by atoms with Crippen molar-refractivity contribution in [1.29, 1.82) is 0 Å². The van der Waals surface area contributed by atoms with E-state index in [4.69, 9.17) is 10.5 Å². The van der Waals surface area contributed by atoms with Gasteiger partial charge in [-0.05, 0) is 55.7 Å². The van der Waals surface area contributed by atoms with Crippen molar-refractivity contribution in [3.8, 4) is 11.5 Å². The van der Waals surface area contributed by atoms with E-state index in [-0.39, 0.29) is 16.8 Å². The van der Waals surface area contributed by atoms with Gasteiger partial charge in [0.05, 0.1) is 41.2 Å². The number of urea groups is 1. The highest BCUT2D eigenvalue weighted by Crippen LogP contribution is 2.50. The smallest absolute Gasteiger partial charge is 0.335 e. The highest BCUT2D eigenvalue weighted by molar-refractivity contribution is 7.21. The number of nitrogens with one attached hydrogen (secondary N) is 1. The molecule has 1 aliphatic carbocycles. The number of nitrogens with two attached hydrogens (primary N) is 1. The van der Waals surface area contributed by atoms with Crippen LogP contribution in [0.3, 0.4) is 0 Å². The van der Waals surface area contributed by atoms with Crippen molar-refractivity contribution in [2.45, 2.75) is 31.3 Å². The molecule has 3 N–H and O–H groups in total. The fourth-order valence-electron chi connectivity index (χ4n) is 5.18. The second-order valence-electron chi connectivity index (χ2n) is 9.10. The average molecular weight is 542 g/mol. The van der Waals surface area contributed by atoms with E-state index >= 15 is 0 Å². The quantitative estimate of drug-likeness (QED) is 0.332. The first-order chi connectivity index (χ1) is 19.0. The molecule has 0 bridgehead atoms. The van der Waals surface area contributed by atoms with Crippen LogP contribution < -0.4 is 25.6 Å². The molecule has 0 aromatic carbocycles. The Bertz CT molecular complexity index is 1610. The molecular weight excluding hydrogens is 518 g/mol. The van der Waals surface area contributed by atoms with E-state index in [0.717, 1.165) is 17.8 Å². The number of pyridine rings is 3. The fourth-order valence-corrected chi connectivity index (χ4v) is 6.19. The topological polar surface area (TPSA) is 144 Å². The van der Waals surface area contributed by atoms with Crippen LogP contribution in [0.4, 0.5) is 22.0 Å². The highest BCUT2D eigenvalue weighted by Gasteiger charge is 2.45. The van der Waals surface area contributed by atoms with Gasteiger partial charge in [-0.25, -0.2) is 19.7 Å². The summed E-state index contributed by atoms with van der Waals surface area (Å²) >= 11 is 1.14. The first kappa shape index (κ1) is 24.5. The summed E-state index contributed by atoms with van der Waals surface area (Å²) in [6.07, 6.45) is 9.64. The Labute approximate surface area is 226 Å². The molecule has 0 radical (unpaired) electrons. The summed E-state index contributed by atoms with van der Waals surface area (Å²) in [7, 11) is 0. The van der Waals surface area contributed by atoms with Crippen molar-refractivity contribution in [1.82, 2.24) is 20.3 Å². The molecule has 2 aliphatic rings. The molecule has 4 aromatic heterocycles. The van der Waals surface area contributed by atoms with E-state index in [0.29, 0.717) is 51.7 Å². The van der Waals surface area contributed by atoms with Crippen molar-refractivity contribution in [2.75, 3.05) is 9.80 Å². The lowest BCUT2D eigenvalue weighted by atomic mass is 10.0. The summed E-state index contributed by atoms with van der Waals surface area (Å²) in [5.41, 5.74) is 6.74. The summed E-state index contributed by atoms with van der Waals surface area (Å²) in [5.74, 6) is 0.414. The molecule has 1 saturated carbocycles. The summed E-state index contributed by atoms with van der Waals surface area (Å²) < 4.78 is 5.81. The number of rotatable bonds is 7. The van der Waals surface area contributed by atoms with Gasteiger partial charge in [0, 0.05) is 12.4 Å². The monoisotopic (exact) mass is 541 g/mol. The predicted octanol–water partition coefficient (Wildman–Crippen LogP) is 4.28. The Hall–Kier alpha value is -4.84. The molecule has 6 rings (SSSR count). The molecule has 0 spiro atoms. The molecule has 39 heavy (non-hydrogen) atoms. The number of carbonyl (C=O) groups excluding carboxylic acids is 3. The number of aromatic nitrogens is 3. The van der Waals surface area contributed by atoms with Gasteiger partial charge in [0.15, 0.2) is 0 Å². The normalized spacial score (nSPS) is 18.3. The number of primary amides is 1. The highest BCUT2D eigenvalue weighted by atomic mass is 32.1. The number of hydrogen-bond donors (Lipinski definition) is 2. The Kier molecular flexibility index (Phi) is 6.15. The van der Waals surface area contributed by atoms with Gasteiger partial charge >= 0.3 is 6.03 Å². The number of thiophene rings is 1. The molecule has 196 valence electrons. The van der Waals surface area contributed by atoms with Gasteiger partial charge in [-0.3, -0.25) is 19.5 Å². The molecule has 4 amide bonds. The number of carbonyl (C=O) groups is 3. The van der Waals surface area contributed by atoms with E-state index < -0.39 is 18.0 Å². The second kappa shape index (κ2) is 9.80. The number of amides is 4. The van der Waals surface area contributed by atoms with Crippen LogP contribution in [-0.4, -0.2) is 44.9 Å². The Morgan fingerprint density at radius 2 is 1.97 bits per heavy atom. The van der Waals surface area contributed by atoms with Crippen LogP contribution in [-0.2, 0) is 4.79 Å². The van der Waals surface area contributed by atoms with Crippen molar-refractivity contribution < 1.29 is 19.1 Å². The zero-order valence-electron chi connectivity index (χ0n) is 20.6. The van der Waals surface area contributed by atoms with Crippen molar-refractivity contribution in [3.63, 3.8) is 0 Å². The van der Waals surface area contributed by atoms with Gasteiger partial charge in [0.2, 0.25) is 5.91 Å². The molecule has 12 heteroatoms. The van der Waals surface area contributed by atoms with Crippen LogP contribution in [0.15, 0.2) is 67.8 Å². The summed E-state index contributed by atoms with van der Waals surface area (Å²) in [6, 6.07) is 7.50. The van der Waals surface area contributed by atoms with E-state index in [1.807, 2.05) is 0 Å². The maximum absolute atomic E-state index is 14.3. The van der Waals surface area contributed by atoms with Crippen molar-refractivity contribution in [2.24, 2.45) is 5.73 Å². The second-order valence-corrected chi connectivity index (χ2v) is 10.1. The van der Waals surface area contributed by atoms with E-state index in [1.54, 1.807) is 53.8 Å². The van der Waals surface area contributed by atoms with E-state index in [1.165, 1.54) is 17.2 Å². The summed E-state index contributed by atoms with van der Waals surface area (Å²) in [4.78, 5) is 56.0. The Balaban J connectivity index is 1.46. The first-order valence-electron chi connectivity index (χ1n) is 12.3. The molecule has 1 fully saturated rings. The zero-order valence-corrected chi connectivity index (χ0v) is 21.4. The van der Waals surface area contributed by atoms with Gasteiger partial charge in [-0.1, -0.05) is 6.58 Å². The minimum atomic E-state index is -0.648. The van der Waals surface area contributed by atoms with Gasteiger partial charge in [-0.2, -0.15) is 0 Å². The summed E-state index contributed by atoms with van der Waals surface area (Å²) in [6.45, 7) is 3.54. The summed E-state index contributed by atoms with van der Waals surface area (Å²) in [5, 5.41) is 3.58. The van der Waals surface area contributed by atoms with E-state index in [2.05, 4.69) is 26.8 Å². The third kappa shape index (κ3) is 4.24. The molecule has 1 aliphatic heterocycles. The lowest BCUT2D eigenvalue weighted by Gasteiger charge is -2.40. The predicted molar refractivity (Wildman–Crippen MR) is 146 cm³/mol. The maximum Gasteiger partial charge on any atom is 0.335 e. The minimum absolute atomic E-state index is 0.242. The number of anilines is 3. The van der Waals surface area contributed by atoms with Gasteiger partial charge in [0.25, 0.3) is 5.91 Å². The lowest BCUT2D eigenvalue weighted by Crippen LogP contribution is -2.55. The average Bonchev–Trinajstić information content (AvgIpc) is 3.56. The maximum atomic E-state index is 14.3. The molecule has 2 atom stereocenters. The molecule has 0 unspecified atom stereocenters.